The van der Waals surface area contributed by atoms with Crippen LogP contribution in [0.1, 0.15) is 0 Å². The zero-order chi connectivity index (χ0) is 28.1. The van der Waals surface area contributed by atoms with Crippen molar-refractivity contribution in [3.63, 3.8) is 0 Å². The molecule has 0 amide bonds. The molecule has 0 spiro atoms. The predicted molar refractivity (Wildman–Crippen MR) is 118 cm³/mol. The molecule has 0 radical (unpaired) electrons. The molecule has 0 saturated carbocycles. The summed E-state index contributed by atoms with van der Waals surface area (Å²) in [5.74, 6) is -2.14. The Morgan fingerprint density at radius 3 is 1.11 bits per heavy atom. The lowest BCUT2D eigenvalue weighted by Crippen LogP contribution is -2.10. The number of rotatable bonds is 10. The van der Waals surface area contributed by atoms with Gasteiger partial charge in [0.25, 0.3) is 40.1 Å². The van der Waals surface area contributed by atoms with E-state index >= 15 is 0 Å². The number of nitrogens with zero attached hydrogens (tertiary/aromatic N) is 12. The number of sulfonamides is 4. The van der Waals surface area contributed by atoms with Gasteiger partial charge >= 0.3 is 0 Å². The van der Waals surface area contributed by atoms with Crippen LogP contribution >= 0.6 is 0 Å². The lowest BCUT2D eigenvalue weighted by Gasteiger charge is -2.16. The Morgan fingerprint density at radius 2 is 0.811 bits per heavy atom. The summed E-state index contributed by atoms with van der Waals surface area (Å²) in [5, 5.41) is 0. The van der Waals surface area contributed by atoms with Gasteiger partial charge in [-0.2, -0.15) is 0 Å². The van der Waals surface area contributed by atoms with Crippen molar-refractivity contribution in [2.75, 3.05) is 0 Å². The molecule has 25 heteroatoms. The molecule has 192 valence electrons. The predicted octanol–water partition coefficient (Wildman–Crippen LogP) is 3.47. The summed E-state index contributed by atoms with van der Waals surface area (Å²) in [6, 6.07) is 4.35. The smallest absolute Gasteiger partial charge is 0.269 e. The Morgan fingerprint density at radius 1 is 0.514 bits per heavy atom. The van der Waals surface area contributed by atoms with Crippen LogP contribution in [-0.2, 0) is 40.1 Å². The Bertz CT molecular complexity index is 1790. The van der Waals surface area contributed by atoms with Gasteiger partial charge in [-0.1, -0.05) is 12.1 Å². The lowest BCUT2D eigenvalue weighted by molar-refractivity contribution is 0.445. The lowest BCUT2D eigenvalue weighted by atomic mass is 10.3. The number of hydrogen-bond donors (Lipinski definition) is 0. The summed E-state index contributed by atoms with van der Waals surface area (Å²) >= 11 is 0. The van der Waals surface area contributed by atoms with E-state index in [2.05, 4.69) is 37.7 Å². The SMILES string of the molecule is [N-]=[N+]=NS(=O)(=O)c1cccc(Oc2cccc(S(=O)(=O)N=[N+]=[N-])c2S(=O)(=O)N=[N+]=[N-])c1S(=O)(=O)N=[N+]=[N-]. The van der Waals surface area contributed by atoms with E-state index in [1.54, 1.807) is 0 Å². The van der Waals surface area contributed by atoms with E-state index in [9.17, 15) is 33.7 Å². The van der Waals surface area contributed by atoms with Gasteiger partial charge in [0.2, 0.25) is 0 Å². The van der Waals surface area contributed by atoms with Gasteiger partial charge in [0.05, 0.1) is 9.79 Å². The quantitative estimate of drug-likeness (QED) is 0.221. The highest BCUT2D eigenvalue weighted by atomic mass is 32.2. The zero-order valence-corrected chi connectivity index (χ0v) is 20.4. The van der Waals surface area contributed by atoms with Gasteiger partial charge in [0.1, 0.15) is 21.3 Å². The average Bonchev–Trinajstić information content (AvgIpc) is 2.78. The maximum Gasteiger partial charge on any atom is 0.269 e. The third-order valence-electron chi connectivity index (χ3n) is 3.75. The second-order valence-corrected chi connectivity index (χ2v) is 12.0. The second-order valence-electron chi connectivity index (χ2n) is 5.85. The molecule has 0 aliphatic rings. The van der Waals surface area contributed by atoms with Crippen LogP contribution in [-0.4, -0.2) is 33.7 Å². The summed E-state index contributed by atoms with van der Waals surface area (Å²) in [4.78, 5) is 2.81. The van der Waals surface area contributed by atoms with E-state index in [1.807, 2.05) is 0 Å². The number of hydrogen-bond acceptors (Lipinski definition) is 9. The van der Waals surface area contributed by atoms with Gasteiger partial charge in [0.15, 0.2) is 0 Å². The molecule has 0 fully saturated rings. The molecule has 0 aliphatic carbocycles. The average molecular weight is 591 g/mol. The number of benzene rings is 2. The van der Waals surface area contributed by atoms with Crippen molar-refractivity contribution in [1.82, 2.24) is 0 Å². The van der Waals surface area contributed by atoms with Crippen molar-refractivity contribution in [1.29, 1.82) is 0 Å². The van der Waals surface area contributed by atoms with Crippen molar-refractivity contribution in [2.24, 2.45) is 18.1 Å². The van der Waals surface area contributed by atoms with Crippen molar-refractivity contribution < 1.29 is 38.4 Å². The minimum absolute atomic E-state index is 0.608. The van der Waals surface area contributed by atoms with E-state index in [1.165, 1.54) is 0 Å². The van der Waals surface area contributed by atoms with Crippen molar-refractivity contribution in [2.45, 2.75) is 19.6 Å². The zero-order valence-electron chi connectivity index (χ0n) is 17.1. The van der Waals surface area contributed by atoms with Crippen LogP contribution in [0.5, 0.6) is 11.5 Å². The molecular weight excluding hydrogens is 584 g/mol. The molecule has 0 unspecified atom stereocenters. The van der Waals surface area contributed by atoms with Gasteiger partial charge in [-0.05, 0) is 46.4 Å². The number of ether oxygens (including phenoxy) is 1. The normalized spacial score (nSPS) is 11.6. The third-order valence-corrected chi connectivity index (χ3v) is 8.83. The van der Waals surface area contributed by atoms with Crippen LogP contribution in [0.2, 0.25) is 0 Å². The Balaban J connectivity index is 3.10. The van der Waals surface area contributed by atoms with Crippen molar-refractivity contribution in [3.05, 3.63) is 78.2 Å². The standard InChI is InChI=1S/C12H6N12O9S4/c13-17-21-34(25,26)9-5-1-3-7(11(9)36(29,30)23-19-15)33-8-4-2-6-10(35(27,28)22-18-14)12(8)37(31,32)24-20-16/h1-6H. The number of azide groups is 4. The molecular formula is C12H6N12O9S4. The largest absolute Gasteiger partial charge is 0.455 e. The molecule has 2 rings (SSSR count). The van der Waals surface area contributed by atoms with E-state index < -0.39 is 71.2 Å². The first-order chi connectivity index (χ1) is 17.2. The highest BCUT2D eigenvalue weighted by Crippen LogP contribution is 2.40. The van der Waals surface area contributed by atoms with E-state index in [0.717, 1.165) is 24.3 Å². The fourth-order valence-electron chi connectivity index (χ4n) is 2.55. The minimum Gasteiger partial charge on any atom is -0.455 e. The third kappa shape index (κ3) is 5.92. The first-order valence-electron chi connectivity index (χ1n) is 8.38. The molecule has 0 aromatic heterocycles. The summed E-state index contributed by atoms with van der Waals surface area (Å²) in [5.41, 5.74) is 34.2. The van der Waals surface area contributed by atoms with Gasteiger partial charge in [-0.3, -0.25) is 0 Å². The summed E-state index contributed by atoms with van der Waals surface area (Å²) in [7, 11) is -20.8. The van der Waals surface area contributed by atoms with Crippen LogP contribution in [0.25, 0.3) is 41.8 Å². The molecule has 0 heterocycles. The van der Waals surface area contributed by atoms with Gasteiger partial charge < -0.3 is 4.74 Å². The molecule has 2 aromatic rings. The van der Waals surface area contributed by atoms with Crippen LogP contribution in [0.3, 0.4) is 0 Å². The maximum absolute atomic E-state index is 12.6. The molecule has 0 aliphatic heterocycles. The van der Waals surface area contributed by atoms with Crippen LogP contribution in [0.4, 0.5) is 0 Å². The van der Waals surface area contributed by atoms with Crippen LogP contribution < -0.4 is 4.74 Å². The minimum atomic E-state index is -5.29. The van der Waals surface area contributed by atoms with E-state index in [4.69, 9.17) is 26.9 Å². The van der Waals surface area contributed by atoms with Gasteiger partial charge in [0, 0.05) is 37.7 Å². The molecule has 0 N–H and O–H groups in total. The highest BCUT2D eigenvalue weighted by Gasteiger charge is 2.33. The van der Waals surface area contributed by atoms with Gasteiger partial charge in [-0.15, -0.1) is 0 Å². The summed E-state index contributed by atoms with van der Waals surface area (Å²) in [6.07, 6.45) is 0. The second kappa shape index (κ2) is 10.5. The Kier molecular flexibility index (Phi) is 8.09. The monoisotopic (exact) mass is 590 g/mol. The van der Waals surface area contributed by atoms with Gasteiger partial charge in [-0.25, -0.2) is 33.7 Å². The van der Waals surface area contributed by atoms with Crippen molar-refractivity contribution in [3.8, 4) is 11.5 Å². The van der Waals surface area contributed by atoms with E-state index in [-0.39, 0.29) is 0 Å². The summed E-state index contributed by atoms with van der Waals surface area (Å²) in [6.45, 7) is 0. The molecule has 37 heavy (non-hydrogen) atoms. The Labute approximate surface area is 205 Å². The molecule has 21 nitrogen and oxygen atoms in total. The first kappa shape index (κ1) is 28.5. The van der Waals surface area contributed by atoms with Crippen LogP contribution in [0, 0.1) is 0 Å². The maximum atomic E-state index is 12.6. The van der Waals surface area contributed by atoms with Crippen molar-refractivity contribution >= 4 is 40.1 Å². The van der Waals surface area contributed by atoms with Crippen LogP contribution in [0.15, 0.2) is 74.1 Å². The fourth-order valence-corrected chi connectivity index (χ4v) is 7.08. The van der Waals surface area contributed by atoms with E-state index in [0.29, 0.717) is 12.1 Å². The first-order valence-corrected chi connectivity index (χ1v) is 14.1. The highest BCUT2D eigenvalue weighted by molar-refractivity contribution is 7.93. The fraction of sp³-hybridized carbons (Fsp3) is 0. The molecule has 0 bridgehead atoms. The Hall–Kier alpha value is -4.72. The summed E-state index contributed by atoms with van der Waals surface area (Å²) < 4.78 is 115. The molecule has 0 saturated heterocycles. The topological polar surface area (TPSA) is 341 Å². The molecule has 2 aromatic carbocycles. The molecule has 0 atom stereocenters.